The molecule has 0 saturated carbocycles. The first-order valence-corrected chi connectivity index (χ1v) is 4.84. The van der Waals surface area contributed by atoms with E-state index in [9.17, 15) is 0 Å². The van der Waals surface area contributed by atoms with Gasteiger partial charge in [0.25, 0.3) is 0 Å². The summed E-state index contributed by atoms with van der Waals surface area (Å²) < 4.78 is 0. The highest BCUT2D eigenvalue weighted by Crippen LogP contribution is 2.21. The zero-order valence-corrected chi connectivity index (χ0v) is 7.34. The highest BCUT2D eigenvalue weighted by Gasteiger charge is 2.29. The molecule has 0 radical (unpaired) electrons. The van der Waals surface area contributed by atoms with Gasteiger partial charge in [0.15, 0.2) is 0 Å². The third-order valence-electron chi connectivity index (χ3n) is 3.11. The van der Waals surface area contributed by atoms with Crippen molar-refractivity contribution in [2.24, 2.45) is 0 Å². The highest BCUT2D eigenvalue weighted by atomic mass is 15.2. The normalized spacial score (nSPS) is 36.8. The van der Waals surface area contributed by atoms with Gasteiger partial charge >= 0.3 is 0 Å². The minimum atomic E-state index is 0. The number of likely N-dealkylation sites (tertiary alicyclic amines) is 1. The first-order valence-electron chi connectivity index (χ1n) is 4.84. The Kier molecular flexibility index (Phi) is 3.53. The fraction of sp³-hybridized carbons (Fsp3) is 1.00. The number of nitrogens with zero attached hydrogens (tertiary/aromatic N) is 1. The number of nitrogens with one attached hydrogen (secondary N) is 1. The molecule has 2 fully saturated rings. The molecule has 1 N–H and O–H groups in total. The van der Waals surface area contributed by atoms with Gasteiger partial charge in [-0.3, -0.25) is 4.90 Å². The molecular weight excluding hydrogens is 148 g/mol. The molecular formula is C10H22N2. The molecule has 2 saturated heterocycles. The summed E-state index contributed by atoms with van der Waals surface area (Å²) in [5.41, 5.74) is 0. The van der Waals surface area contributed by atoms with Crippen LogP contribution in [0.4, 0.5) is 0 Å². The summed E-state index contributed by atoms with van der Waals surface area (Å²) in [5.74, 6) is 0. The van der Waals surface area contributed by atoms with E-state index in [4.69, 9.17) is 0 Å². The predicted octanol–water partition coefficient (Wildman–Crippen LogP) is 1.47. The summed E-state index contributed by atoms with van der Waals surface area (Å²) in [4.78, 5) is 2.68. The van der Waals surface area contributed by atoms with Gasteiger partial charge in [-0.25, -0.2) is 0 Å². The van der Waals surface area contributed by atoms with E-state index in [0.29, 0.717) is 0 Å². The average molecular weight is 170 g/mol. The van der Waals surface area contributed by atoms with Crippen molar-refractivity contribution in [3.63, 3.8) is 0 Å². The Morgan fingerprint density at radius 2 is 2.17 bits per heavy atom. The summed E-state index contributed by atoms with van der Waals surface area (Å²) in [6.07, 6.45) is 4.19. The molecule has 0 unspecified atom stereocenters. The van der Waals surface area contributed by atoms with E-state index in [1.807, 2.05) is 0 Å². The molecule has 0 bridgehead atoms. The molecule has 0 amide bonds. The molecule has 2 heterocycles. The first-order chi connectivity index (χ1) is 5.38. The minimum Gasteiger partial charge on any atom is -0.315 e. The zero-order chi connectivity index (χ0) is 7.68. The van der Waals surface area contributed by atoms with Crippen LogP contribution in [0.5, 0.6) is 0 Å². The van der Waals surface area contributed by atoms with E-state index < -0.39 is 0 Å². The summed E-state index contributed by atoms with van der Waals surface area (Å²) >= 11 is 0. The standard InChI is InChI=1S/C9H18N2.CH4/c1-8-3-2-6-11(8)9-4-5-10-7-9;/h8-10H,2-7H2,1H3;1H4/t8-,9-;/m0./s1. The molecule has 0 aromatic carbocycles. The lowest BCUT2D eigenvalue weighted by atomic mass is 10.2. The maximum absolute atomic E-state index is 3.43. The monoisotopic (exact) mass is 170 g/mol. The molecule has 2 nitrogen and oxygen atoms in total. The van der Waals surface area contributed by atoms with Crippen LogP contribution in [0.15, 0.2) is 0 Å². The van der Waals surface area contributed by atoms with Crippen molar-refractivity contribution in [1.29, 1.82) is 0 Å². The van der Waals surface area contributed by atoms with Crippen molar-refractivity contribution in [2.45, 2.75) is 45.7 Å². The van der Waals surface area contributed by atoms with Gasteiger partial charge in [-0.15, -0.1) is 0 Å². The highest BCUT2D eigenvalue weighted by molar-refractivity contribution is 4.86. The van der Waals surface area contributed by atoms with Crippen LogP contribution >= 0.6 is 0 Å². The smallest absolute Gasteiger partial charge is 0.0235 e. The molecule has 2 aliphatic rings. The molecule has 0 spiro atoms. The molecule has 0 aromatic rings. The molecule has 72 valence electrons. The maximum Gasteiger partial charge on any atom is 0.0235 e. The van der Waals surface area contributed by atoms with Gasteiger partial charge in [-0.1, -0.05) is 7.43 Å². The summed E-state index contributed by atoms with van der Waals surface area (Å²) in [6, 6.07) is 1.70. The van der Waals surface area contributed by atoms with Gasteiger partial charge < -0.3 is 5.32 Å². The summed E-state index contributed by atoms with van der Waals surface area (Å²) in [5, 5.41) is 3.43. The third kappa shape index (κ3) is 1.80. The average Bonchev–Trinajstić information content (AvgIpc) is 2.55. The third-order valence-corrected chi connectivity index (χ3v) is 3.11. The largest absolute Gasteiger partial charge is 0.315 e. The summed E-state index contributed by atoms with van der Waals surface area (Å²) in [6.45, 7) is 6.16. The van der Waals surface area contributed by atoms with Crippen molar-refractivity contribution in [3.05, 3.63) is 0 Å². The second-order valence-electron chi connectivity index (χ2n) is 3.88. The maximum atomic E-state index is 3.43. The topological polar surface area (TPSA) is 15.3 Å². The van der Waals surface area contributed by atoms with Crippen LogP contribution in [0.2, 0.25) is 0 Å². The lowest BCUT2D eigenvalue weighted by Gasteiger charge is -2.27. The van der Waals surface area contributed by atoms with Gasteiger partial charge in [0.05, 0.1) is 0 Å². The Balaban J connectivity index is 0.000000720. The number of rotatable bonds is 1. The van der Waals surface area contributed by atoms with Crippen LogP contribution in [-0.2, 0) is 0 Å². The van der Waals surface area contributed by atoms with E-state index in [0.717, 1.165) is 12.1 Å². The molecule has 12 heavy (non-hydrogen) atoms. The van der Waals surface area contributed by atoms with Gasteiger partial charge in [0, 0.05) is 18.6 Å². The van der Waals surface area contributed by atoms with Crippen LogP contribution < -0.4 is 5.32 Å². The van der Waals surface area contributed by atoms with E-state index in [-0.39, 0.29) is 7.43 Å². The number of hydrogen-bond acceptors (Lipinski definition) is 2. The lowest BCUT2D eigenvalue weighted by molar-refractivity contribution is 0.202. The van der Waals surface area contributed by atoms with E-state index in [1.54, 1.807) is 0 Å². The Morgan fingerprint density at radius 1 is 1.33 bits per heavy atom. The van der Waals surface area contributed by atoms with Gasteiger partial charge in [-0.05, 0) is 39.3 Å². The Morgan fingerprint density at radius 3 is 2.67 bits per heavy atom. The lowest BCUT2D eigenvalue weighted by Crippen LogP contribution is -2.38. The van der Waals surface area contributed by atoms with E-state index in [2.05, 4.69) is 17.1 Å². The van der Waals surface area contributed by atoms with Gasteiger partial charge in [-0.2, -0.15) is 0 Å². The fourth-order valence-electron chi connectivity index (χ4n) is 2.42. The van der Waals surface area contributed by atoms with Gasteiger partial charge in [0.1, 0.15) is 0 Å². The predicted molar refractivity (Wildman–Crippen MR) is 53.4 cm³/mol. The number of hydrogen-bond donors (Lipinski definition) is 1. The zero-order valence-electron chi connectivity index (χ0n) is 7.34. The Labute approximate surface area is 76.3 Å². The van der Waals surface area contributed by atoms with Crippen molar-refractivity contribution in [3.8, 4) is 0 Å². The molecule has 2 atom stereocenters. The summed E-state index contributed by atoms with van der Waals surface area (Å²) in [7, 11) is 0. The van der Waals surface area contributed by atoms with Crippen molar-refractivity contribution < 1.29 is 0 Å². The van der Waals surface area contributed by atoms with Crippen molar-refractivity contribution in [2.75, 3.05) is 19.6 Å². The minimum absolute atomic E-state index is 0. The molecule has 2 rings (SSSR count). The second-order valence-corrected chi connectivity index (χ2v) is 3.88. The molecule has 2 aliphatic heterocycles. The SMILES string of the molecule is C.C[C@H]1CCCN1[C@H]1CCNC1. The fourth-order valence-corrected chi connectivity index (χ4v) is 2.42. The van der Waals surface area contributed by atoms with E-state index in [1.165, 1.54) is 38.9 Å². The van der Waals surface area contributed by atoms with Crippen LogP contribution in [0.3, 0.4) is 0 Å². The van der Waals surface area contributed by atoms with Crippen LogP contribution in [0, 0.1) is 0 Å². The van der Waals surface area contributed by atoms with Crippen LogP contribution in [-0.4, -0.2) is 36.6 Å². The van der Waals surface area contributed by atoms with E-state index >= 15 is 0 Å². The Bertz CT molecular complexity index is 130. The first kappa shape index (κ1) is 10.0. The van der Waals surface area contributed by atoms with Crippen molar-refractivity contribution in [1.82, 2.24) is 10.2 Å². The van der Waals surface area contributed by atoms with Crippen LogP contribution in [0.25, 0.3) is 0 Å². The Hall–Kier alpha value is -0.0800. The molecule has 0 aliphatic carbocycles. The van der Waals surface area contributed by atoms with Crippen LogP contribution in [0.1, 0.15) is 33.6 Å². The molecule has 2 heteroatoms. The second kappa shape index (κ2) is 4.24. The van der Waals surface area contributed by atoms with Gasteiger partial charge in [0.2, 0.25) is 0 Å². The van der Waals surface area contributed by atoms with Crippen molar-refractivity contribution >= 4 is 0 Å². The quantitative estimate of drug-likeness (QED) is 0.641. The molecule has 0 aromatic heterocycles.